The van der Waals surface area contributed by atoms with Crippen molar-refractivity contribution >= 4 is 61.4 Å². The third kappa shape index (κ3) is 4.47. The zero-order valence-electron chi connectivity index (χ0n) is 14.8. The van der Waals surface area contributed by atoms with E-state index >= 15 is 0 Å². The molecule has 3 rings (SSSR count). The number of carbonyl (C=O) groups is 2. The number of thiophene rings is 1. The standard InChI is InChI=1S/C19H12BrClN2O5S/c1-28-19(25)16-14(10-2-4-11(20)5-3-10)9-29-18(16)22-17(24)13-8-12(23(26)27)6-7-15(13)21/h2-9H,1H3,(H,22,24). The van der Waals surface area contributed by atoms with Gasteiger partial charge in [0, 0.05) is 27.5 Å². The molecule has 1 heterocycles. The van der Waals surface area contributed by atoms with E-state index in [2.05, 4.69) is 21.2 Å². The molecule has 0 aliphatic heterocycles. The molecule has 1 N–H and O–H groups in total. The number of benzene rings is 2. The van der Waals surface area contributed by atoms with Crippen molar-refractivity contribution in [2.24, 2.45) is 0 Å². The normalized spacial score (nSPS) is 10.4. The number of anilines is 1. The quantitative estimate of drug-likeness (QED) is 0.275. The fourth-order valence-electron chi connectivity index (χ4n) is 2.57. The molecule has 0 radical (unpaired) electrons. The average molecular weight is 496 g/mol. The molecule has 2 aromatic carbocycles. The van der Waals surface area contributed by atoms with E-state index in [-0.39, 0.29) is 26.8 Å². The van der Waals surface area contributed by atoms with Crippen molar-refractivity contribution in [2.45, 2.75) is 0 Å². The third-order valence-corrected chi connectivity index (χ3v) is 5.72. The summed E-state index contributed by atoms with van der Waals surface area (Å²) in [5, 5.41) is 15.6. The Morgan fingerprint density at radius 2 is 1.90 bits per heavy atom. The van der Waals surface area contributed by atoms with Gasteiger partial charge in [0.05, 0.1) is 22.6 Å². The van der Waals surface area contributed by atoms with Crippen LogP contribution in [0, 0.1) is 10.1 Å². The Morgan fingerprint density at radius 1 is 1.21 bits per heavy atom. The second kappa shape index (κ2) is 8.73. The van der Waals surface area contributed by atoms with E-state index in [4.69, 9.17) is 16.3 Å². The largest absolute Gasteiger partial charge is 0.465 e. The Bertz CT molecular complexity index is 1110. The molecule has 10 heteroatoms. The van der Waals surface area contributed by atoms with Gasteiger partial charge in [-0.3, -0.25) is 14.9 Å². The van der Waals surface area contributed by atoms with E-state index in [1.807, 2.05) is 24.3 Å². The van der Waals surface area contributed by atoms with Crippen molar-refractivity contribution in [2.75, 3.05) is 12.4 Å². The molecule has 0 unspecified atom stereocenters. The minimum atomic E-state index is -0.673. The van der Waals surface area contributed by atoms with Gasteiger partial charge in [-0.25, -0.2) is 4.79 Å². The summed E-state index contributed by atoms with van der Waals surface area (Å²) >= 11 is 10.5. The lowest BCUT2D eigenvalue weighted by Crippen LogP contribution is -2.15. The summed E-state index contributed by atoms with van der Waals surface area (Å²) in [5.41, 5.74) is 1.20. The summed E-state index contributed by atoms with van der Waals surface area (Å²) in [6, 6.07) is 10.9. The Balaban J connectivity index is 2.00. The van der Waals surface area contributed by atoms with Crippen molar-refractivity contribution in [3.05, 3.63) is 78.6 Å². The number of nitro groups is 1. The number of carbonyl (C=O) groups excluding carboxylic acids is 2. The Morgan fingerprint density at radius 3 is 2.52 bits per heavy atom. The van der Waals surface area contributed by atoms with Crippen LogP contribution in [0.3, 0.4) is 0 Å². The van der Waals surface area contributed by atoms with Gasteiger partial charge in [0.2, 0.25) is 0 Å². The molecule has 0 saturated heterocycles. The first kappa shape index (κ1) is 21.0. The molecular weight excluding hydrogens is 484 g/mol. The molecule has 7 nitrogen and oxygen atoms in total. The van der Waals surface area contributed by atoms with E-state index in [9.17, 15) is 19.7 Å². The molecule has 0 fully saturated rings. The number of methoxy groups -OCH3 is 1. The molecule has 1 amide bonds. The number of rotatable bonds is 5. The number of amides is 1. The van der Waals surface area contributed by atoms with Gasteiger partial charge in [-0.15, -0.1) is 11.3 Å². The van der Waals surface area contributed by atoms with E-state index in [1.54, 1.807) is 5.38 Å². The average Bonchev–Trinajstić information content (AvgIpc) is 3.11. The van der Waals surface area contributed by atoms with Gasteiger partial charge in [0.1, 0.15) is 10.6 Å². The minimum absolute atomic E-state index is 0.0532. The molecule has 0 spiro atoms. The maximum atomic E-state index is 12.7. The SMILES string of the molecule is COC(=O)c1c(-c2ccc(Br)cc2)csc1NC(=O)c1cc([N+](=O)[O-])ccc1Cl. The summed E-state index contributed by atoms with van der Waals surface area (Å²) in [6.07, 6.45) is 0. The molecule has 0 saturated carbocycles. The van der Waals surface area contributed by atoms with Crippen LogP contribution in [0.15, 0.2) is 52.3 Å². The monoisotopic (exact) mass is 494 g/mol. The van der Waals surface area contributed by atoms with Crippen LogP contribution in [0.5, 0.6) is 0 Å². The second-order valence-corrected chi connectivity index (χ2v) is 7.93. The summed E-state index contributed by atoms with van der Waals surface area (Å²) < 4.78 is 5.75. The highest BCUT2D eigenvalue weighted by Gasteiger charge is 2.24. The number of ether oxygens (including phenoxy) is 1. The van der Waals surface area contributed by atoms with Gasteiger partial charge in [-0.2, -0.15) is 0 Å². The van der Waals surface area contributed by atoms with Crippen molar-refractivity contribution in [3.63, 3.8) is 0 Å². The summed E-state index contributed by atoms with van der Waals surface area (Å²) in [4.78, 5) is 35.4. The number of hydrogen-bond donors (Lipinski definition) is 1. The van der Waals surface area contributed by atoms with Gasteiger partial charge in [0.25, 0.3) is 11.6 Å². The first-order chi connectivity index (χ1) is 13.8. The molecule has 1 aromatic heterocycles. The highest BCUT2D eigenvalue weighted by atomic mass is 79.9. The van der Waals surface area contributed by atoms with E-state index in [0.717, 1.165) is 27.4 Å². The highest BCUT2D eigenvalue weighted by Crippen LogP contribution is 2.37. The number of nitrogens with one attached hydrogen (secondary N) is 1. The lowest BCUT2D eigenvalue weighted by molar-refractivity contribution is -0.384. The number of nitrogens with zero attached hydrogens (tertiary/aromatic N) is 1. The maximum absolute atomic E-state index is 12.7. The molecule has 0 atom stereocenters. The van der Waals surface area contributed by atoms with Crippen molar-refractivity contribution in [3.8, 4) is 11.1 Å². The van der Waals surface area contributed by atoms with Gasteiger partial charge in [0.15, 0.2) is 0 Å². The van der Waals surface area contributed by atoms with Gasteiger partial charge < -0.3 is 10.1 Å². The van der Waals surface area contributed by atoms with Crippen LogP contribution < -0.4 is 5.32 Å². The van der Waals surface area contributed by atoms with Crippen molar-refractivity contribution < 1.29 is 19.2 Å². The molecule has 29 heavy (non-hydrogen) atoms. The zero-order valence-corrected chi connectivity index (χ0v) is 17.9. The molecular formula is C19H12BrClN2O5S. The molecule has 0 aliphatic carbocycles. The Hall–Kier alpha value is -2.75. The van der Waals surface area contributed by atoms with Crippen LogP contribution in [0.1, 0.15) is 20.7 Å². The number of non-ortho nitro benzene ring substituents is 1. The van der Waals surface area contributed by atoms with Crippen LogP contribution in [-0.4, -0.2) is 23.9 Å². The molecule has 148 valence electrons. The highest BCUT2D eigenvalue weighted by molar-refractivity contribution is 9.10. The fraction of sp³-hybridized carbons (Fsp3) is 0.0526. The van der Waals surface area contributed by atoms with Crippen LogP contribution in [-0.2, 0) is 4.74 Å². The fourth-order valence-corrected chi connectivity index (χ4v) is 3.99. The molecule has 3 aromatic rings. The predicted octanol–water partition coefficient (Wildman–Crippen LogP) is 5.78. The summed E-state index contributed by atoms with van der Waals surface area (Å²) in [5.74, 6) is -1.29. The second-order valence-electron chi connectivity index (χ2n) is 5.73. The van der Waals surface area contributed by atoms with E-state index in [0.29, 0.717) is 5.56 Å². The van der Waals surface area contributed by atoms with Gasteiger partial charge >= 0.3 is 5.97 Å². The van der Waals surface area contributed by atoms with Crippen molar-refractivity contribution in [1.29, 1.82) is 0 Å². The third-order valence-electron chi connectivity index (χ3n) is 3.97. The van der Waals surface area contributed by atoms with Crippen LogP contribution in [0.4, 0.5) is 10.7 Å². The predicted molar refractivity (Wildman–Crippen MR) is 115 cm³/mol. The number of hydrogen-bond acceptors (Lipinski definition) is 6. The Labute approximate surface area is 182 Å². The van der Waals surface area contributed by atoms with Crippen molar-refractivity contribution in [1.82, 2.24) is 0 Å². The minimum Gasteiger partial charge on any atom is -0.465 e. The lowest BCUT2D eigenvalue weighted by atomic mass is 10.0. The van der Waals surface area contributed by atoms with Gasteiger partial charge in [-0.05, 0) is 23.8 Å². The topological polar surface area (TPSA) is 98.5 Å². The lowest BCUT2D eigenvalue weighted by Gasteiger charge is -2.09. The zero-order chi connectivity index (χ0) is 21.1. The first-order valence-corrected chi connectivity index (χ1v) is 10.1. The van der Waals surface area contributed by atoms with Gasteiger partial charge in [-0.1, -0.05) is 39.7 Å². The van der Waals surface area contributed by atoms with E-state index in [1.165, 1.54) is 19.2 Å². The van der Waals surface area contributed by atoms with Crippen LogP contribution in [0.2, 0.25) is 5.02 Å². The summed E-state index contributed by atoms with van der Waals surface area (Å²) in [6.45, 7) is 0. The first-order valence-electron chi connectivity index (χ1n) is 8.03. The molecule has 0 aliphatic rings. The summed E-state index contributed by atoms with van der Waals surface area (Å²) in [7, 11) is 1.24. The van der Waals surface area contributed by atoms with E-state index < -0.39 is 16.8 Å². The van der Waals surface area contributed by atoms with Crippen LogP contribution >= 0.6 is 38.9 Å². The molecule has 0 bridgehead atoms. The smallest absolute Gasteiger partial charge is 0.341 e. The number of nitro benzene ring substituents is 1. The maximum Gasteiger partial charge on any atom is 0.341 e. The van der Waals surface area contributed by atoms with Crippen LogP contribution in [0.25, 0.3) is 11.1 Å². The Kier molecular flexibility index (Phi) is 6.31. The number of esters is 1. The number of halogens is 2.